The quantitative estimate of drug-likeness (QED) is 0.898. The summed E-state index contributed by atoms with van der Waals surface area (Å²) < 4.78 is 0. The second kappa shape index (κ2) is 5.44. The van der Waals surface area contributed by atoms with E-state index in [2.05, 4.69) is 32.0 Å². The van der Waals surface area contributed by atoms with Crippen LogP contribution in [0, 0.1) is 12.3 Å². The van der Waals surface area contributed by atoms with Gasteiger partial charge in [-0.2, -0.15) is 4.98 Å². The van der Waals surface area contributed by atoms with Gasteiger partial charge in [-0.25, -0.2) is 0 Å². The Labute approximate surface area is 124 Å². The Morgan fingerprint density at radius 2 is 2.33 bits per heavy atom. The van der Waals surface area contributed by atoms with Crippen molar-refractivity contribution in [2.45, 2.75) is 26.7 Å². The summed E-state index contributed by atoms with van der Waals surface area (Å²) in [6, 6.07) is 3.95. The fourth-order valence-corrected chi connectivity index (χ4v) is 2.87. The summed E-state index contributed by atoms with van der Waals surface area (Å²) in [5.41, 5.74) is 8.05. The van der Waals surface area contributed by atoms with E-state index in [4.69, 9.17) is 5.73 Å². The van der Waals surface area contributed by atoms with Crippen LogP contribution in [0.3, 0.4) is 0 Å². The van der Waals surface area contributed by atoms with E-state index in [0.29, 0.717) is 6.54 Å². The molecule has 0 bridgehead atoms. The number of aromatic amines is 1. The van der Waals surface area contributed by atoms with Gasteiger partial charge in [0.2, 0.25) is 5.95 Å². The van der Waals surface area contributed by atoms with Crippen LogP contribution in [0.1, 0.15) is 25.5 Å². The number of piperidine rings is 1. The topological polar surface area (TPSA) is 83.7 Å². The van der Waals surface area contributed by atoms with Crippen molar-refractivity contribution in [2.24, 2.45) is 11.1 Å². The molecule has 3 rings (SSSR count). The van der Waals surface area contributed by atoms with Gasteiger partial charge in [0, 0.05) is 30.5 Å². The van der Waals surface area contributed by atoms with E-state index in [1.807, 2.05) is 19.1 Å². The third-order valence-electron chi connectivity index (χ3n) is 4.20. The van der Waals surface area contributed by atoms with Crippen molar-refractivity contribution in [3.63, 3.8) is 0 Å². The third-order valence-corrected chi connectivity index (χ3v) is 4.20. The van der Waals surface area contributed by atoms with Crippen LogP contribution in [0.5, 0.6) is 0 Å². The van der Waals surface area contributed by atoms with Crippen molar-refractivity contribution >= 4 is 5.95 Å². The SMILES string of the molecule is Cc1cc(-c2nc(N3CCCC(C)(CN)C3)n[nH]2)ccn1. The molecule has 21 heavy (non-hydrogen) atoms. The lowest BCUT2D eigenvalue weighted by atomic mass is 9.82. The molecule has 3 N–H and O–H groups in total. The van der Waals surface area contributed by atoms with Gasteiger partial charge in [0.1, 0.15) is 0 Å². The van der Waals surface area contributed by atoms with Crippen molar-refractivity contribution < 1.29 is 0 Å². The van der Waals surface area contributed by atoms with E-state index < -0.39 is 0 Å². The highest BCUT2D eigenvalue weighted by Gasteiger charge is 2.31. The molecule has 1 fully saturated rings. The fraction of sp³-hybridized carbons (Fsp3) is 0.533. The third kappa shape index (κ3) is 2.90. The minimum Gasteiger partial charge on any atom is -0.339 e. The van der Waals surface area contributed by atoms with Gasteiger partial charge < -0.3 is 10.6 Å². The van der Waals surface area contributed by atoms with Crippen molar-refractivity contribution in [1.29, 1.82) is 0 Å². The van der Waals surface area contributed by atoms with E-state index in [9.17, 15) is 0 Å². The van der Waals surface area contributed by atoms with Crippen LogP contribution in [0.2, 0.25) is 0 Å². The van der Waals surface area contributed by atoms with Crippen molar-refractivity contribution in [3.05, 3.63) is 24.0 Å². The molecule has 6 nitrogen and oxygen atoms in total. The van der Waals surface area contributed by atoms with Crippen LogP contribution in [-0.2, 0) is 0 Å². The number of nitrogens with two attached hydrogens (primary N) is 1. The molecule has 112 valence electrons. The molecule has 3 heterocycles. The largest absolute Gasteiger partial charge is 0.339 e. The summed E-state index contributed by atoms with van der Waals surface area (Å²) in [6.45, 7) is 6.81. The van der Waals surface area contributed by atoms with Crippen LogP contribution in [0.4, 0.5) is 5.95 Å². The average molecular weight is 286 g/mol. The average Bonchev–Trinajstić information content (AvgIpc) is 2.97. The molecule has 1 aliphatic heterocycles. The van der Waals surface area contributed by atoms with Gasteiger partial charge in [-0.1, -0.05) is 6.92 Å². The molecule has 1 atom stereocenters. The molecule has 1 saturated heterocycles. The predicted octanol–water partition coefficient (Wildman–Crippen LogP) is 1.74. The lowest BCUT2D eigenvalue weighted by Crippen LogP contribution is -2.46. The predicted molar refractivity (Wildman–Crippen MR) is 83.0 cm³/mol. The number of rotatable bonds is 3. The molecule has 0 aromatic carbocycles. The van der Waals surface area contributed by atoms with E-state index in [-0.39, 0.29) is 5.41 Å². The highest BCUT2D eigenvalue weighted by Crippen LogP contribution is 2.30. The van der Waals surface area contributed by atoms with Crippen LogP contribution < -0.4 is 10.6 Å². The summed E-state index contributed by atoms with van der Waals surface area (Å²) in [7, 11) is 0. The van der Waals surface area contributed by atoms with Gasteiger partial charge >= 0.3 is 0 Å². The molecule has 1 aliphatic rings. The molecule has 0 radical (unpaired) electrons. The van der Waals surface area contributed by atoms with Crippen molar-refractivity contribution in [3.8, 4) is 11.4 Å². The lowest BCUT2D eigenvalue weighted by Gasteiger charge is -2.39. The Kier molecular flexibility index (Phi) is 3.63. The summed E-state index contributed by atoms with van der Waals surface area (Å²) in [6.07, 6.45) is 4.09. The van der Waals surface area contributed by atoms with Gasteiger partial charge in [0.05, 0.1) is 0 Å². The highest BCUT2D eigenvalue weighted by molar-refractivity contribution is 5.56. The van der Waals surface area contributed by atoms with Gasteiger partial charge in [-0.3, -0.25) is 10.1 Å². The Morgan fingerprint density at radius 1 is 1.48 bits per heavy atom. The zero-order valence-electron chi connectivity index (χ0n) is 12.6. The first-order valence-corrected chi connectivity index (χ1v) is 7.40. The number of hydrogen-bond acceptors (Lipinski definition) is 5. The monoisotopic (exact) mass is 286 g/mol. The maximum absolute atomic E-state index is 5.91. The number of nitrogens with zero attached hydrogens (tertiary/aromatic N) is 4. The number of pyridine rings is 1. The summed E-state index contributed by atoms with van der Waals surface area (Å²) in [4.78, 5) is 11.1. The van der Waals surface area contributed by atoms with E-state index in [0.717, 1.165) is 42.5 Å². The first-order chi connectivity index (χ1) is 10.1. The molecule has 0 aliphatic carbocycles. The molecular weight excluding hydrogens is 264 g/mol. The lowest BCUT2D eigenvalue weighted by molar-refractivity contribution is 0.270. The second-order valence-electron chi connectivity index (χ2n) is 6.21. The number of aryl methyl sites for hydroxylation is 1. The smallest absolute Gasteiger partial charge is 0.245 e. The van der Waals surface area contributed by atoms with Gasteiger partial charge in [-0.15, -0.1) is 5.10 Å². The van der Waals surface area contributed by atoms with Crippen LogP contribution in [-0.4, -0.2) is 39.8 Å². The Bertz CT molecular complexity index is 622. The molecule has 1 unspecified atom stereocenters. The minimum absolute atomic E-state index is 0.159. The first-order valence-electron chi connectivity index (χ1n) is 7.40. The van der Waals surface area contributed by atoms with E-state index in [1.54, 1.807) is 6.20 Å². The Balaban J connectivity index is 1.82. The maximum atomic E-state index is 5.91. The number of hydrogen-bond donors (Lipinski definition) is 2. The molecule has 0 amide bonds. The Hall–Kier alpha value is -1.95. The van der Waals surface area contributed by atoms with E-state index in [1.165, 1.54) is 6.42 Å². The molecular formula is C15H22N6. The maximum Gasteiger partial charge on any atom is 0.245 e. The minimum atomic E-state index is 0.159. The van der Waals surface area contributed by atoms with Gasteiger partial charge in [0.25, 0.3) is 0 Å². The van der Waals surface area contributed by atoms with Gasteiger partial charge in [-0.05, 0) is 43.9 Å². The molecule has 2 aromatic heterocycles. The summed E-state index contributed by atoms with van der Waals surface area (Å²) in [5.74, 6) is 1.55. The zero-order valence-corrected chi connectivity index (χ0v) is 12.6. The van der Waals surface area contributed by atoms with Gasteiger partial charge in [0.15, 0.2) is 5.82 Å². The first kappa shape index (κ1) is 14.0. The van der Waals surface area contributed by atoms with E-state index >= 15 is 0 Å². The normalized spacial score (nSPS) is 22.5. The summed E-state index contributed by atoms with van der Waals surface area (Å²) >= 11 is 0. The van der Waals surface area contributed by atoms with Crippen molar-refractivity contribution in [2.75, 3.05) is 24.5 Å². The fourth-order valence-electron chi connectivity index (χ4n) is 2.87. The van der Waals surface area contributed by atoms with Crippen LogP contribution in [0.25, 0.3) is 11.4 Å². The summed E-state index contributed by atoms with van der Waals surface area (Å²) in [5, 5.41) is 7.40. The molecule has 6 heteroatoms. The molecule has 0 spiro atoms. The highest BCUT2D eigenvalue weighted by atomic mass is 15.4. The number of aromatic nitrogens is 4. The number of anilines is 1. The number of nitrogens with one attached hydrogen (secondary N) is 1. The second-order valence-corrected chi connectivity index (χ2v) is 6.21. The zero-order chi connectivity index (χ0) is 14.9. The van der Waals surface area contributed by atoms with Crippen molar-refractivity contribution in [1.82, 2.24) is 20.2 Å². The van der Waals surface area contributed by atoms with Crippen LogP contribution >= 0.6 is 0 Å². The molecule has 2 aromatic rings. The Morgan fingerprint density at radius 3 is 3.10 bits per heavy atom. The van der Waals surface area contributed by atoms with Crippen LogP contribution in [0.15, 0.2) is 18.3 Å². The standard InChI is InChI=1S/C15H22N6/c1-11-8-12(4-6-17-11)13-18-14(20-19-13)21-7-3-5-15(2,9-16)10-21/h4,6,8H,3,5,7,9-10,16H2,1-2H3,(H,18,19,20). The number of H-pyrrole nitrogens is 1. The molecule has 0 saturated carbocycles.